The topological polar surface area (TPSA) is 37.3 Å². The van der Waals surface area contributed by atoms with Crippen molar-refractivity contribution >= 4 is 6.29 Å². The van der Waals surface area contributed by atoms with Crippen LogP contribution in [0.1, 0.15) is 17.5 Å². The van der Waals surface area contributed by atoms with Crippen molar-refractivity contribution in [2.24, 2.45) is 0 Å². The van der Waals surface area contributed by atoms with E-state index in [1.54, 1.807) is 6.07 Å². The number of phenols is 1. The molecule has 2 heteroatoms. The Kier molecular flexibility index (Phi) is 2.86. The molecule has 0 fully saturated rings. The van der Waals surface area contributed by atoms with Crippen molar-refractivity contribution in [3.05, 3.63) is 29.3 Å². The van der Waals surface area contributed by atoms with Crippen LogP contribution >= 0.6 is 0 Å². The molecule has 12 heavy (non-hydrogen) atoms. The lowest BCUT2D eigenvalue weighted by Crippen LogP contribution is -1.86. The molecule has 0 spiro atoms. The van der Waals surface area contributed by atoms with E-state index in [9.17, 15) is 9.90 Å². The van der Waals surface area contributed by atoms with Gasteiger partial charge in [-0.2, -0.15) is 0 Å². The molecule has 0 saturated carbocycles. The van der Waals surface area contributed by atoms with Gasteiger partial charge in [-0.1, -0.05) is 12.1 Å². The van der Waals surface area contributed by atoms with E-state index in [1.165, 1.54) is 0 Å². The zero-order valence-electron chi connectivity index (χ0n) is 7.08. The number of aldehydes is 1. The molecule has 0 atom stereocenters. The summed E-state index contributed by atoms with van der Waals surface area (Å²) in [5.74, 6) is 0.310. The summed E-state index contributed by atoms with van der Waals surface area (Å²) in [6.07, 6.45) is 2.21. The van der Waals surface area contributed by atoms with Gasteiger partial charge in [-0.3, -0.25) is 0 Å². The standard InChI is InChI=1S/C10H12O2/c1-8-7-9(3-2-6-11)4-5-10(8)12/h4-7,12H,2-3H2,1H3. The van der Waals surface area contributed by atoms with Crippen LogP contribution < -0.4 is 0 Å². The normalized spacial score (nSPS) is 9.75. The van der Waals surface area contributed by atoms with E-state index < -0.39 is 0 Å². The molecule has 2 nitrogen and oxygen atoms in total. The van der Waals surface area contributed by atoms with Crippen LogP contribution in [0, 0.1) is 6.92 Å². The van der Waals surface area contributed by atoms with Gasteiger partial charge in [0.25, 0.3) is 0 Å². The fourth-order valence-corrected chi connectivity index (χ4v) is 1.10. The number of hydrogen-bond donors (Lipinski definition) is 1. The number of carbonyl (C=O) groups excluding carboxylic acids is 1. The molecular weight excluding hydrogens is 152 g/mol. The summed E-state index contributed by atoms with van der Waals surface area (Å²) in [6.45, 7) is 1.85. The second-order valence-corrected chi connectivity index (χ2v) is 2.83. The van der Waals surface area contributed by atoms with Gasteiger partial charge in [0.2, 0.25) is 0 Å². The lowest BCUT2D eigenvalue weighted by molar-refractivity contribution is -0.107. The molecule has 1 aromatic rings. The predicted octanol–water partition coefficient (Wildman–Crippen LogP) is 1.83. The summed E-state index contributed by atoms with van der Waals surface area (Å²) >= 11 is 0. The molecule has 0 aliphatic rings. The van der Waals surface area contributed by atoms with Gasteiger partial charge in [-0.15, -0.1) is 0 Å². The van der Waals surface area contributed by atoms with Crippen molar-refractivity contribution in [1.82, 2.24) is 0 Å². The van der Waals surface area contributed by atoms with E-state index in [0.29, 0.717) is 12.2 Å². The maximum absolute atomic E-state index is 10.1. The zero-order chi connectivity index (χ0) is 8.97. The Balaban J connectivity index is 2.75. The molecule has 1 N–H and O–H groups in total. The summed E-state index contributed by atoms with van der Waals surface area (Å²) in [6, 6.07) is 5.40. The van der Waals surface area contributed by atoms with Crippen molar-refractivity contribution in [2.75, 3.05) is 0 Å². The first kappa shape index (κ1) is 8.78. The van der Waals surface area contributed by atoms with Crippen LogP contribution in [0.15, 0.2) is 18.2 Å². The third-order valence-corrected chi connectivity index (χ3v) is 1.81. The minimum Gasteiger partial charge on any atom is -0.508 e. The van der Waals surface area contributed by atoms with E-state index in [4.69, 9.17) is 0 Å². The highest BCUT2D eigenvalue weighted by Crippen LogP contribution is 2.17. The Hall–Kier alpha value is -1.31. The summed E-state index contributed by atoms with van der Waals surface area (Å²) in [5, 5.41) is 9.20. The minimum absolute atomic E-state index is 0.310. The second kappa shape index (κ2) is 3.90. The molecule has 1 rings (SSSR count). The highest BCUT2D eigenvalue weighted by Gasteiger charge is 1.97. The first-order valence-electron chi connectivity index (χ1n) is 3.96. The predicted molar refractivity (Wildman–Crippen MR) is 47.2 cm³/mol. The number of phenolic OH excluding ortho intramolecular Hbond substituents is 1. The largest absolute Gasteiger partial charge is 0.508 e. The molecular formula is C10H12O2. The average Bonchev–Trinajstić information content (AvgIpc) is 2.07. The van der Waals surface area contributed by atoms with Crippen LogP contribution in [0.25, 0.3) is 0 Å². The van der Waals surface area contributed by atoms with Crippen LogP contribution in [0.3, 0.4) is 0 Å². The number of aryl methyl sites for hydroxylation is 2. The smallest absolute Gasteiger partial charge is 0.120 e. The van der Waals surface area contributed by atoms with Crippen LogP contribution in [-0.2, 0) is 11.2 Å². The Morgan fingerprint density at radius 3 is 2.83 bits per heavy atom. The first-order valence-corrected chi connectivity index (χ1v) is 3.96. The number of aromatic hydroxyl groups is 1. The summed E-state index contributed by atoms with van der Waals surface area (Å²) in [7, 11) is 0. The van der Waals surface area contributed by atoms with Crippen molar-refractivity contribution in [2.45, 2.75) is 19.8 Å². The maximum Gasteiger partial charge on any atom is 0.120 e. The Morgan fingerprint density at radius 1 is 1.50 bits per heavy atom. The highest BCUT2D eigenvalue weighted by molar-refractivity contribution is 5.50. The zero-order valence-corrected chi connectivity index (χ0v) is 7.08. The van der Waals surface area contributed by atoms with Crippen molar-refractivity contribution in [3.8, 4) is 5.75 Å². The van der Waals surface area contributed by atoms with Gasteiger partial charge in [0, 0.05) is 6.42 Å². The minimum atomic E-state index is 0.310. The maximum atomic E-state index is 10.1. The third-order valence-electron chi connectivity index (χ3n) is 1.81. The second-order valence-electron chi connectivity index (χ2n) is 2.83. The number of hydrogen-bond acceptors (Lipinski definition) is 2. The van der Waals surface area contributed by atoms with Crippen LogP contribution in [0.4, 0.5) is 0 Å². The summed E-state index contributed by atoms with van der Waals surface area (Å²) < 4.78 is 0. The van der Waals surface area contributed by atoms with Gasteiger partial charge < -0.3 is 9.90 Å². The van der Waals surface area contributed by atoms with Crippen LogP contribution in [-0.4, -0.2) is 11.4 Å². The van der Waals surface area contributed by atoms with E-state index in [-0.39, 0.29) is 0 Å². The number of benzene rings is 1. The Labute approximate surface area is 71.8 Å². The van der Waals surface area contributed by atoms with Gasteiger partial charge in [0.05, 0.1) is 0 Å². The van der Waals surface area contributed by atoms with Gasteiger partial charge in [-0.25, -0.2) is 0 Å². The van der Waals surface area contributed by atoms with Gasteiger partial charge in [0.15, 0.2) is 0 Å². The SMILES string of the molecule is Cc1cc(CCC=O)ccc1O. The third kappa shape index (κ3) is 2.09. The van der Waals surface area contributed by atoms with Gasteiger partial charge in [0.1, 0.15) is 12.0 Å². The molecule has 0 radical (unpaired) electrons. The van der Waals surface area contributed by atoms with E-state index in [1.807, 2.05) is 19.1 Å². The van der Waals surface area contributed by atoms with E-state index in [2.05, 4.69) is 0 Å². The molecule has 0 bridgehead atoms. The Bertz CT molecular complexity index is 279. The number of carbonyl (C=O) groups is 1. The van der Waals surface area contributed by atoms with E-state index in [0.717, 1.165) is 23.8 Å². The summed E-state index contributed by atoms with van der Waals surface area (Å²) in [4.78, 5) is 10.1. The van der Waals surface area contributed by atoms with E-state index >= 15 is 0 Å². The fourth-order valence-electron chi connectivity index (χ4n) is 1.10. The quantitative estimate of drug-likeness (QED) is 0.692. The Morgan fingerprint density at radius 2 is 2.25 bits per heavy atom. The molecule has 0 aromatic heterocycles. The molecule has 64 valence electrons. The van der Waals surface area contributed by atoms with Gasteiger partial charge >= 0.3 is 0 Å². The molecule has 0 heterocycles. The lowest BCUT2D eigenvalue weighted by Gasteiger charge is -2.01. The first-order chi connectivity index (χ1) is 5.74. The lowest BCUT2D eigenvalue weighted by atomic mass is 10.1. The van der Waals surface area contributed by atoms with Crippen LogP contribution in [0.2, 0.25) is 0 Å². The monoisotopic (exact) mass is 164 g/mol. The fraction of sp³-hybridized carbons (Fsp3) is 0.300. The average molecular weight is 164 g/mol. The highest BCUT2D eigenvalue weighted by atomic mass is 16.3. The van der Waals surface area contributed by atoms with Crippen molar-refractivity contribution in [1.29, 1.82) is 0 Å². The molecule has 1 aromatic carbocycles. The van der Waals surface area contributed by atoms with Gasteiger partial charge in [-0.05, 0) is 30.5 Å². The molecule has 0 aliphatic carbocycles. The van der Waals surface area contributed by atoms with Crippen molar-refractivity contribution < 1.29 is 9.90 Å². The summed E-state index contributed by atoms with van der Waals surface area (Å²) in [5.41, 5.74) is 1.95. The molecule has 0 aliphatic heterocycles. The van der Waals surface area contributed by atoms with Crippen LogP contribution in [0.5, 0.6) is 5.75 Å². The molecule has 0 unspecified atom stereocenters. The molecule has 0 amide bonds. The number of rotatable bonds is 3. The van der Waals surface area contributed by atoms with Crippen molar-refractivity contribution in [3.63, 3.8) is 0 Å². The molecule has 0 saturated heterocycles.